The predicted molar refractivity (Wildman–Crippen MR) is 63.6 cm³/mol. The second-order valence-electron chi connectivity index (χ2n) is 3.74. The van der Waals surface area contributed by atoms with E-state index in [2.05, 4.69) is 31.2 Å². The third kappa shape index (κ3) is 3.29. The van der Waals surface area contributed by atoms with E-state index in [1.807, 2.05) is 11.4 Å². The molecule has 1 atom stereocenters. The van der Waals surface area contributed by atoms with Gasteiger partial charge >= 0.3 is 0 Å². The molecule has 1 aromatic rings. The first-order valence-corrected chi connectivity index (χ1v) is 5.68. The van der Waals surface area contributed by atoms with Crippen molar-refractivity contribution >= 4 is 17.0 Å². The van der Waals surface area contributed by atoms with E-state index in [9.17, 15) is 0 Å². The van der Waals surface area contributed by atoms with Crippen LogP contribution in [0.5, 0.6) is 0 Å². The average Bonchev–Trinajstić information content (AvgIpc) is 2.51. The lowest BCUT2D eigenvalue weighted by Crippen LogP contribution is -2.35. The summed E-state index contributed by atoms with van der Waals surface area (Å²) < 4.78 is 0. The largest absolute Gasteiger partial charge is 0.398 e. The van der Waals surface area contributed by atoms with Crippen molar-refractivity contribution < 1.29 is 0 Å². The highest BCUT2D eigenvalue weighted by Gasteiger charge is 2.04. The highest BCUT2D eigenvalue weighted by atomic mass is 32.1. The minimum atomic E-state index is 0.552. The molecule has 0 saturated carbocycles. The molecule has 0 aliphatic rings. The standard InChI is InChI=1S/C10H19N3S/c1-8(13(2)3)6-12-7-10-9(11)4-5-14-10/h4-5,8,12H,6-7,11H2,1-3H3. The van der Waals surface area contributed by atoms with Crippen molar-refractivity contribution in [2.75, 3.05) is 26.4 Å². The molecule has 4 heteroatoms. The number of hydrogen-bond donors (Lipinski definition) is 2. The molecule has 0 spiro atoms. The van der Waals surface area contributed by atoms with Gasteiger partial charge in [-0.05, 0) is 32.5 Å². The molecular weight excluding hydrogens is 194 g/mol. The molecule has 0 amide bonds. The highest BCUT2D eigenvalue weighted by molar-refractivity contribution is 7.10. The summed E-state index contributed by atoms with van der Waals surface area (Å²) in [5, 5.41) is 5.43. The molecular formula is C10H19N3S. The Hall–Kier alpha value is -0.580. The Balaban J connectivity index is 2.25. The molecule has 0 bridgehead atoms. The third-order valence-corrected chi connectivity index (χ3v) is 3.32. The van der Waals surface area contributed by atoms with Gasteiger partial charge < -0.3 is 16.0 Å². The molecule has 0 radical (unpaired) electrons. The molecule has 1 rings (SSSR count). The molecule has 0 saturated heterocycles. The van der Waals surface area contributed by atoms with Crippen LogP contribution in [0.25, 0.3) is 0 Å². The number of nitrogens with one attached hydrogen (secondary N) is 1. The van der Waals surface area contributed by atoms with Crippen LogP contribution in [0.4, 0.5) is 5.69 Å². The van der Waals surface area contributed by atoms with Gasteiger partial charge in [-0.25, -0.2) is 0 Å². The van der Waals surface area contributed by atoms with E-state index in [4.69, 9.17) is 5.73 Å². The molecule has 0 aliphatic carbocycles. The summed E-state index contributed by atoms with van der Waals surface area (Å²) >= 11 is 1.71. The van der Waals surface area contributed by atoms with Crippen molar-refractivity contribution in [1.29, 1.82) is 0 Å². The Labute approximate surface area is 89.9 Å². The van der Waals surface area contributed by atoms with Crippen molar-refractivity contribution in [1.82, 2.24) is 10.2 Å². The lowest BCUT2D eigenvalue weighted by Gasteiger charge is -2.19. The Bertz CT molecular complexity index is 270. The number of thiophene rings is 1. The van der Waals surface area contributed by atoms with E-state index in [1.165, 1.54) is 4.88 Å². The van der Waals surface area contributed by atoms with Crippen LogP contribution in [0.2, 0.25) is 0 Å². The van der Waals surface area contributed by atoms with Crippen LogP contribution in [-0.4, -0.2) is 31.6 Å². The van der Waals surface area contributed by atoms with Crippen molar-refractivity contribution in [3.63, 3.8) is 0 Å². The van der Waals surface area contributed by atoms with E-state index in [0.717, 1.165) is 18.8 Å². The smallest absolute Gasteiger partial charge is 0.0468 e. The summed E-state index contributed by atoms with van der Waals surface area (Å²) in [6.07, 6.45) is 0. The second-order valence-corrected chi connectivity index (χ2v) is 4.74. The van der Waals surface area contributed by atoms with Crippen molar-refractivity contribution in [3.05, 3.63) is 16.3 Å². The topological polar surface area (TPSA) is 41.3 Å². The summed E-state index contributed by atoms with van der Waals surface area (Å²) in [7, 11) is 4.18. The molecule has 14 heavy (non-hydrogen) atoms. The van der Waals surface area contributed by atoms with Gasteiger partial charge in [0.2, 0.25) is 0 Å². The van der Waals surface area contributed by atoms with E-state index in [1.54, 1.807) is 11.3 Å². The maximum atomic E-state index is 5.78. The summed E-state index contributed by atoms with van der Waals surface area (Å²) in [4.78, 5) is 3.43. The summed E-state index contributed by atoms with van der Waals surface area (Å²) in [6.45, 7) is 4.07. The summed E-state index contributed by atoms with van der Waals surface area (Å²) in [5.41, 5.74) is 6.68. The summed E-state index contributed by atoms with van der Waals surface area (Å²) in [6, 6.07) is 2.51. The van der Waals surface area contributed by atoms with Crippen LogP contribution in [0.15, 0.2) is 11.4 Å². The van der Waals surface area contributed by atoms with E-state index in [-0.39, 0.29) is 0 Å². The normalized spacial score (nSPS) is 13.4. The SMILES string of the molecule is CC(CNCc1sccc1N)N(C)C. The van der Waals surface area contributed by atoms with Gasteiger partial charge in [-0.2, -0.15) is 0 Å². The number of nitrogens with two attached hydrogens (primary N) is 1. The molecule has 0 aliphatic heterocycles. The maximum Gasteiger partial charge on any atom is 0.0468 e. The fourth-order valence-electron chi connectivity index (χ4n) is 1.07. The van der Waals surface area contributed by atoms with Crippen LogP contribution >= 0.6 is 11.3 Å². The van der Waals surface area contributed by atoms with Crippen molar-refractivity contribution in [3.8, 4) is 0 Å². The van der Waals surface area contributed by atoms with Crippen molar-refractivity contribution in [2.45, 2.75) is 19.5 Å². The van der Waals surface area contributed by atoms with Gasteiger partial charge in [0.15, 0.2) is 0 Å². The van der Waals surface area contributed by atoms with Crippen LogP contribution in [0, 0.1) is 0 Å². The quantitative estimate of drug-likeness (QED) is 0.776. The predicted octanol–water partition coefficient (Wildman–Crippen LogP) is 1.37. The third-order valence-electron chi connectivity index (χ3n) is 2.39. The van der Waals surface area contributed by atoms with Crippen molar-refractivity contribution in [2.24, 2.45) is 0 Å². The number of likely N-dealkylation sites (N-methyl/N-ethyl adjacent to an activating group) is 1. The Morgan fingerprint density at radius 1 is 1.57 bits per heavy atom. The summed E-state index contributed by atoms with van der Waals surface area (Å²) in [5.74, 6) is 0. The van der Waals surface area contributed by atoms with Crippen LogP contribution in [-0.2, 0) is 6.54 Å². The number of nitrogens with zero attached hydrogens (tertiary/aromatic N) is 1. The van der Waals surface area contributed by atoms with Gasteiger partial charge in [0.1, 0.15) is 0 Å². The first kappa shape index (κ1) is 11.5. The molecule has 1 heterocycles. The second kappa shape index (κ2) is 5.34. The van der Waals surface area contributed by atoms with E-state index >= 15 is 0 Å². The molecule has 3 nitrogen and oxygen atoms in total. The molecule has 1 aromatic heterocycles. The van der Waals surface area contributed by atoms with Gasteiger partial charge in [0.05, 0.1) is 0 Å². The first-order valence-electron chi connectivity index (χ1n) is 4.80. The average molecular weight is 213 g/mol. The fraction of sp³-hybridized carbons (Fsp3) is 0.600. The van der Waals surface area contributed by atoms with Crippen LogP contribution < -0.4 is 11.1 Å². The zero-order chi connectivity index (χ0) is 10.6. The van der Waals surface area contributed by atoms with Crippen LogP contribution in [0.3, 0.4) is 0 Å². The fourth-order valence-corrected chi connectivity index (χ4v) is 1.84. The monoisotopic (exact) mass is 213 g/mol. The van der Waals surface area contributed by atoms with Crippen LogP contribution in [0.1, 0.15) is 11.8 Å². The van der Waals surface area contributed by atoms with Gasteiger partial charge in [-0.1, -0.05) is 0 Å². The lowest BCUT2D eigenvalue weighted by atomic mass is 10.3. The first-order chi connectivity index (χ1) is 6.61. The van der Waals surface area contributed by atoms with E-state index < -0.39 is 0 Å². The zero-order valence-electron chi connectivity index (χ0n) is 9.08. The minimum Gasteiger partial charge on any atom is -0.398 e. The molecule has 80 valence electrons. The number of nitrogen functional groups attached to an aromatic ring is 1. The number of anilines is 1. The van der Waals surface area contributed by atoms with E-state index in [0.29, 0.717) is 6.04 Å². The maximum absolute atomic E-state index is 5.78. The minimum absolute atomic E-state index is 0.552. The zero-order valence-corrected chi connectivity index (χ0v) is 9.90. The number of hydrogen-bond acceptors (Lipinski definition) is 4. The van der Waals surface area contributed by atoms with Gasteiger partial charge in [-0.15, -0.1) is 11.3 Å². The lowest BCUT2D eigenvalue weighted by molar-refractivity contribution is 0.303. The van der Waals surface area contributed by atoms with Gasteiger partial charge in [0.25, 0.3) is 0 Å². The Morgan fingerprint density at radius 3 is 2.79 bits per heavy atom. The molecule has 0 aromatic carbocycles. The molecule has 0 fully saturated rings. The molecule has 3 N–H and O–H groups in total. The highest BCUT2D eigenvalue weighted by Crippen LogP contribution is 2.17. The van der Waals surface area contributed by atoms with Gasteiger partial charge in [0, 0.05) is 29.7 Å². The Kier molecular flexibility index (Phi) is 4.38. The van der Waals surface area contributed by atoms with Gasteiger partial charge in [-0.3, -0.25) is 0 Å². The Morgan fingerprint density at radius 2 is 2.29 bits per heavy atom. The number of rotatable bonds is 5. The molecule has 1 unspecified atom stereocenters.